The number of hydrogen-bond acceptors (Lipinski definition) is 4. The van der Waals surface area contributed by atoms with Crippen molar-refractivity contribution in [2.75, 3.05) is 6.54 Å². The van der Waals surface area contributed by atoms with Crippen LogP contribution in [0.5, 0.6) is 0 Å². The zero-order valence-corrected chi connectivity index (χ0v) is 21.8. The van der Waals surface area contributed by atoms with Crippen LogP contribution in [-0.4, -0.2) is 51.0 Å². The average Bonchev–Trinajstić information content (AvgIpc) is 3.46. The molecular weight excluding hydrogens is 472 g/mol. The van der Waals surface area contributed by atoms with Crippen molar-refractivity contribution in [3.05, 3.63) is 71.4 Å². The van der Waals surface area contributed by atoms with E-state index in [0.717, 1.165) is 22.0 Å². The van der Waals surface area contributed by atoms with Crippen LogP contribution in [0.15, 0.2) is 54.7 Å². The third kappa shape index (κ3) is 4.28. The molecular formula is C28H32N4O3S. The first-order valence-corrected chi connectivity index (χ1v) is 13.3. The summed E-state index contributed by atoms with van der Waals surface area (Å²) in [5.41, 5.74) is 3.53. The van der Waals surface area contributed by atoms with E-state index in [9.17, 15) is 14.4 Å². The molecule has 0 bridgehead atoms. The molecule has 188 valence electrons. The Labute approximate surface area is 215 Å². The predicted octanol–water partition coefficient (Wildman–Crippen LogP) is 4.02. The molecule has 0 saturated carbocycles. The number of rotatable bonds is 7. The molecule has 1 aromatic heterocycles. The molecule has 3 N–H and O–H groups in total. The lowest BCUT2D eigenvalue weighted by molar-refractivity contribution is -0.131. The number of para-hydroxylation sites is 1. The fraction of sp³-hybridized carbons (Fsp3) is 0.393. The predicted molar refractivity (Wildman–Crippen MR) is 143 cm³/mol. The lowest BCUT2D eigenvalue weighted by Crippen LogP contribution is -2.57. The highest BCUT2D eigenvalue weighted by atomic mass is 32.2. The van der Waals surface area contributed by atoms with Gasteiger partial charge < -0.3 is 20.5 Å². The molecule has 2 aliphatic heterocycles. The third-order valence-corrected chi connectivity index (χ3v) is 8.50. The van der Waals surface area contributed by atoms with Gasteiger partial charge in [-0.05, 0) is 43.0 Å². The van der Waals surface area contributed by atoms with E-state index in [4.69, 9.17) is 0 Å². The number of thioether (sulfide) groups is 1. The highest BCUT2D eigenvalue weighted by molar-refractivity contribution is 8.01. The van der Waals surface area contributed by atoms with Gasteiger partial charge in [-0.2, -0.15) is 0 Å². The van der Waals surface area contributed by atoms with Gasteiger partial charge in [0.1, 0.15) is 17.5 Å². The largest absolute Gasteiger partial charge is 0.361 e. The van der Waals surface area contributed by atoms with Gasteiger partial charge in [0.15, 0.2) is 0 Å². The van der Waals surface area contributed by atoms with E-state index in [1.165, 1.54) is 0 Å². The maximum absolute atomic E-state index is 13.8. The van der Waals surface area contributed by atoms with Gasteiger partial charge in [-0.1, -0.05) is 50.2 Å². The summed E-state index contributed by atoms with van der Waals surface area (Å²) in [6, 6.07) is 14.0. The van der Waals surface area contributed by atoms with Crippen molar-refractivity contribution >= 4 is 40.4 Å². The smallest absolute Gasteiger partial charge is 0.256 e. The summed E-state index contributed by atoms with van der Waals surface area (Å²) in [5.74, 6) is -0.379. The van der Waals surface area contributed by atoms with Crippen molar-refractivity contribution in [1.29, 1.82) is 0 Å². The Morgan fingerprint density at radius 2 is 1.83 bits per heavy atom. The molecule has 7 nitrogen and oxygen atoms in total. The average molecular weight is 505 g/mol. The fourth-order valence-electron chi connectivity index (χ4n) is 5.21. The number of carbonyl (C=O) groups is 3. The van der Waals surface area contributed by atoms with Crippen LogP contribution < -0.4 is 10.6 Å². The summed E-state index contributed by atoms with van der Waals surface area (Å²) in [6.45, 7) is 8.56. The van der Waals surface area contributed by atoms with Gasteiger partial charge in [-0.15, -0.1) is 11.8 Å². The first kappa shape index (κ1) is 24.4. The molecule has 3 heterocycles. The molecule has 0 aliphatic carbocycles. The van der Waals surface area contributed by atoms with Gasteiger partial charge in [0.2, 0.25) is 11.8 Å². The van der Waals surface area contributed by atoms with Crippen LogP contribution in [0.25, 0.3) is 10.9 Å². The Kier molecular flexibility index (Phi) is 6.32. The molecule has 3 amide bonds. The second-order valence-electron chi connectivity index (χ2n) is 10.5. The normalized spacial score (nSPS) is 20.9. The number of aromatic amines is 1. The first-order chi connectivity index (χ1) is 17.2. The number of amides is 3. The van der Waals surface area contributed by atoms with Crippen LogP contribution in [0.1, 0.15) is 54.6 Å². The van der Waals surface area contributed by atoms with Crippen molar-refractivity contribution in [1.82, 2.24) is 20.5 Å². The standard InChI is InChI=1S/C28H32N4O3S/c1-16(2)14-30-24(33)22(13-17-15-29-21-12-8-7-9-18(17)21)31-25(34)23-28(3,4)36-27-20-11-6-5-10-19(20)26(35)32(23)27/h5-12,15-16,22-23,27,29H,13-14H2,1-4H3,(H,30,33)(H,31,34)/t22-,23+,27?/m0/s1. The van der Waals surface area contributed by atoms with E-state index >= 15 is 0 Å². The van der Waals surface area contributed by atoms with E-state index in [1.807, 2.05) is 82.4 Å². The summed E-state index contributed by atoms with van der Waals surface area (Å²) >= 11 is 1.62. The van der Waals surface area contributed by atoms with Crippen LogP contribution in [0.2, 0.25) is 0 Å². The number of aromatic nitrogens is 1. The van der Waals surface area contributed by atoms with E-state index < -0.39 is 16.8 Å². The number of H-pyrrole nitrogens is 1. The number of nitrogens with one attached hydrogen (secondary N) is 3. The van der Waals surface area contributed by atoms with Gasteiger partial charge in [0.25, 0.3) is 5.91 Å². The first-order valence-electron chi connectivity index (χ1n) is 12.4. The molecule has 8 heteroatoms. The van der Waals surface area contributed by atoms with Gasteiger partial charge in [-0.3, -0.25) is 14.4 Å². The molecule has 1 saturated heterocycles. The molecule has 1 fully saturated rings. The van der Waals surface area contributed by atoms with Gasteiger partial charge in [0, 0.05) is 40.4 Å². The molecule has 1 unspecified atom stereocenters. The van der Waals surface area contributed by atoms with E-state index in [-0.39, 0.29) is 29.0 Å². The summed E-state index contributed by atoms with van der Waals surface area (Å²) in [4.78, 5) is 45.4. The van der Waals surface area contributed by atoms with Crippen molar-refractivity contribution < 1.29 is 14.4 Å². The van der Waals surface area contributed by atoms with Crippen molar-refractivity contribution in [3.8, 4) is 0 Å². The number of benzene rings is 2. The van der Waals surface area contributed by atoms with Gasteiger partial charge in [0.05, 0.1) is 0 Å². The number of nitrogens with zero attached hydrogens (tertiary/aromatic N) is 1. The quantitative estimate of drug-likeness (QED) is 0.453. The maximum atomic E-state index is 13.8. The lowest BCUT2D eigenvalue weighted by Gasteiger charge is -2.31. The van der Waals surface area contributed by atoms with Crippen molar-refractivity contribution in [2.45, 2.75) is 56.3 Å². The second-order valence-corrected chi connectivity index (χ2v) is 12.3. The molecule has 36 heavy (non-hydrogen) atoms. The van der Waals surface area contributed by atoms with E-state index in [2.05, 4.69) is 15.6 Å². The molecule has 3 atom stereocenters. The highest BCUT2D eigenvalue weighted by Gasteiger charge is 2.57. The zero-order valence-electron chi connectivity index (χ0n) is 21.0. The van der Waals surface area contributed by atoms with E-state index in [0.29, 0.717) is 18.5 Å². The Hall–Kier alpha value is -3.26. The van der Waals surface area contributed by atoms with Crippen LogP contribution in [0.3, 0.4) is 0 Å². The van der Waals surface area contributed by atoms with Gasteiger partial charge in [-0.25, -0.2) is 0 Å². The lowest BCUT2D eigenvalue weighted by atomic mass is 9.98. The van der Waals surface area contributed by atoms with Crippen LogP contribution in [0.4, 0.5) is 0 Å². The molecule has 0 radical (unpaired) electrons. The minimum atomic E-state index is -0.768. The van der Waals surface area contributed by atoms with Crippen LogP contribution in [-0.2, 0) is 16.0 Å². The van der Waals surface area contributed by atoms with Crippen LogP contribution >= 0.6 is 11.8 Å². The van der Waals surface area contributed by atoms with Crippen molar-refractivity contribution in [3.63, 3.8) is 0 Å². The molecule has 2 aliphatic rings. The van der Waals surface area contributed by atoms with Gasteiger partial charge >= 0.3 is 0 Å². The Morgan fingerprint density at radius 3 is 2.61 bits per heavy atom. The molecule has 3 aromatic rings. The summed E-state index contributed by atoms with van der Waals surface area (Å²) in [7, 11) is 0. The maximum Gasteiger partial charge on any atom is 0.256 e. The SMILES string of the molecule is CC(C)CNC(=O)[C@H](Cc1c[nH]c2ccccc12)NC(=O)[C@H]1N2C(=O)c3ccccc3C2SC1(C)C. The third-order valence-electron chi connectivity index (χ3n) is 6.96. The Bertz CT molecular complexity index is 1330. The second kappa shape index (κ2) is 9.32. The highest BCUT2D eigenvalue weighted by Crippen LogP contribution is 2.56. The number of fused-ring (bicyclic) bond motifs is 4. The zero-order chi connectivity index (χ0) is 25.6. The topological polar surface area (TPSA) is 94.3 Å². The number of hydrogen-bond donors (Lipinski definition) is 3. The fourth-order valence-corrected chi connectivity index (χ4v) is 6.80. The summed E-state index contributed by atoms with van der Waals surface area (Å²) in [6.07, 6.45) is 2.24. The van der Waals surface area contributed by atoms with Crippen LogP contribution in [0, 0.1) is 5.92 Å². The molecule has 5 rings (SSSR count). The Morgan fingerprint density at radius 1 is 1.11 bits per heavy atom. The molecule has 2 aromatic carbocycles. The summed E-state index contributed by atoms with van der Waals surface area (Å²) in [5, 5.41) is 6.82. The summed E-state index contributed by atoms with van der Waals surface area (Å²) < 4.78 is -0.516. The minimum Gasteiger partial charge on any atom is -0.361 e. The molecule has 0 spiro atoms. The minimum absolute atomic E-state index is 0.133. The van der Waals surface area contributed by atoms with Crippen molar-refractivity contribution in [2.24, 2.45) is 5.92 Å². The Balaban J connectivity index is 1.42. The number of carbonyl (C=O) groups excluding carboxylic acids is 3. The van der Waals surface area contributed by atoms with E-state index in [1.54, 1.807) is 16.7 Å². The monoisotopic (exact) mass is 504 g/mol.